The van der Waals surface area contributed by atoms with Gasteiger partial charge in [0, 0.05) is 19.5 Å². The SMILES string of the molecule is O=C(NCCc1ccccc1)[C@H](Cc1ccccc1)N(Cc1ccccc1)C(=O)COc1ccccc1. The lowest BCUT2D eigenvalue weighted by Gasteiger charge is -2.31. The summed E-state index contributed by atoms with van der Waals surface area (Å²) in [6.07, 6.45) is 1.12. The second-order valence-electron chi connectivity index (χ2n) is 8.84. The van der Waals surface area contributed by atoms with Crippen LogP contribution in [0.4, 0.5) is 0 Å². The number of nitrogens with one attached hydrogen (secondary N) is 1. The summed E-state index contributed by atoms with van der Waals surface area (Å²) in [5.74, 6) is 0.193. The Morgan fingerprint density at radius 1 is 0.676 bits per heavy atom. The number of ether oxygens (including phenoxy) is 1. The number of para-hydroxylation sites is 1. The van der Waals surface area contributed by atoms with E-state index in [9.17, 15) is 9.59 Å². The summed E-state index contributed by atoms with van der Waals surface area (Å²) < 4.78 is 5.78. The number of carbonyl (C=O) groups is 2. The molecule has 5 heteroatoms. The molecule has 0 aromatic heterocycles. The molecule has 0 unspecified atom stereocenters. The molecule has 0 aliphatic heterocycles. The number of carbonyl (C=O) groups excluding carboxylic acids is 2. The smallest absolute Gasteiger partial charge is 0.261 e. The highest BCUT2D eigenvalue weighted by Crippen LogP contribution is 2.16. The number of hydrogen-bond donors (Lipinski definition) is 1. The van der Waals surface area contributed by atoms with Crippen molar-refractivity contribution in [2.45, 2.75) is 25.4 Å². The average Bonchev–Trinajstić information content (AvgIpc) is 2.96. The quantitative estimate of drug-likeness (QED) is 0.301. The molecule has 1 N–H and O–H groups in total. The summed E-state index contributed by atoms with van der Waals surface area (Å²) >= 11 is 0. The van der Waals surface area contributed by atoms with E-state index in [1.165, 1.54) is 0 Å². The molecule has 0 aliphatic rings. The van der Waals surface area contributed by atoms with Crippen LogP contribution in [0.25, 0.3) is 0 Å². The molecule has 188 valence electrons. The zero-order chi connectivity index (χ0) is 25.7. The van der Waals surface area contributed by atoms with E-state index in [1.54, 1.807) is 4.90 Å². The first-order valence-corrected chi connectivity index (χ1v) is 12.6. The minimum absolute atomic E-state index is 0.153. The first-order chi connectivity index (χ1) is 18.2. The number of rotatable bonds is 12. The summed E-state index contributed by atoms with van der Waals surface area (Å²) in [5, 5.41) is 3.07. The highest BCUT2D eigenvalue weighted by Gasteiger charge is 2.30. The fourth-order valence-corrected chi connectivity index (χ4v) is 4.17. The number of nitrogens with zero attached hydrogens (tertiary/aromatic N) is 1. The summed E-state index contributed by atoms with van der Waals surface area (Å²) in [7, 11) is 0. The van der Waals surface area contributed by atoms with Crippen molar-refractivity contribution in [2.75, 3.05) is 13.2 Å². The third kappa shape index (κ3) is 8.07. The Morgan fingerprint density at radius 3 is 1.78 bits per heavy atom. The average molecular weight is 493 g/mol. The van der Waals surface area contributed by atoms with E-state index >= 15 is 0 Å². The Hall–Kier alpha value is -4.38. The normalized spacial score (nSPS) is 11.4. The Bertz CT molecular complexity index is 1230. The zero-order valence-corrected chi connectivity index (χ0v) is 20.8. The maximum Gasteiger partial charge on any atom is 0.261 e. The van der Waals surface area contributed by atoms with Crippen LogP contribution in [0.5, 0.6) is 5.75 Å². The van der Waals surface area contributed by atoms with Gasteiger partial charge in [0.05, 0.1) is 0 Å². The van der Waals surface area contributed by atoms with Crippen molar-refractivity contribution in [3.63, 3.8) is 0 Å². The Kier molecular flexibility index (Phi) is 9.48. The molecule has 0 spiro atoms. The topological polar surface area (TPSA) is 58.6 Å². The first kappa shape index (κ1) is 25.7. The van der Waals surface area contributed by atoms with Crippen LogP contribution in [0, 0.1) is 0 Å². The van der Waals surface area contributed by atoms with E-state index in [4.69, 9.17) is 4.74 Å². The monoisotopic (exact) mass is 492 g/mol. The molecule has 2 amide bonds. The molecule has 0 heterocycles. The minimum Gasteiger partial charge on any atom is -0.484 e. The number of hydrogen-bond acceptors (Lipinski definition) is 3. The van der Waals surface area contributed by atoms with Crippen LogP contribution in [0.1, 0.15) is 16.7 Å². The first-order valence-electron chi connectivity index (χ1n) is 12.6. The third-order valence-electron chi connectivity index (χ3n) is 6.13. The number of amides is 2. The van der Waals surface area contributed by atoms with Crippen molar-refractivity contribution in [3.8, 4) is 5.75 Å². The van der Waals surface area contributed by atoms with Crippen LogP contribution in [-0.4, -0.2) is 35.9 Å². The Balaban J connectivity index is 1.55. The lowest BCUT2D eigenvalue weighted by atomic mass is 10.0. The van der Waals surface area contributed by atoms with Crippen LogP contribution in [0.3, 0.4) is 0 Å². The fraction of sp³-hybridized carbons (Fsp3) is 0.188. The molecule has 0 fully saturated rings. The van der Waals surface area contributed by atoms with Crippen LogP contribution in [0.2, 0.25) is 0 Å². The molecule has 4 aromatic rings. The van der Waals surface area contributed by atoms with Gasteiger partial charge in [-0.3, -0.25) is 9.59 Å². The predicted molar refractivity (Wildman–Crippen MR) is 146 cm³/mol. The van der Waals surface area contributed by atoms with Crippen molar-refractivity contribution in [1.29, 1.82) is 0 Å². The third-order valence-corrected chi connectivity index (χ3v) is 6.13. The van der Waals surface area contributed by atoms with Crippen molar-refractivity contribution in [1.82, 2.24) is 10.2 Å². The van der Waals surface area contributed by atoms with E-state index < -0.39 is 6.04 Å². The lowest BCUT2D eigenvalue weighted by Crippen LogP contribution is -2.52. The summed E-state index contributed by atoms with van der Waals surface area (Å²) in [6, 6.07) is 38.1. The van der Waals surface area contributed by atoms with Gasteiger partial charge >= 0.3 is 0 Å². The Labute approximate surface area is 218 Å². The van der Waals surface area contributed by atoms with Crippen LogP contribution in [-0.2, 0) is 29.0 Å². The summed E-state index contributed by atoms with van der Waals surface area (Å²) in [5.41, 5.74) is 3.09. The van der Waals surface area contributed by atoms with Crippen molar-refractivity contribution in [3.05, 3.63) is 138 Å². The van der Waals surface area contributed by atoms with Gasteiger partial charge in [0.15, 0.2) is 6.61 Å². The fourth-order valence-electron chi connectivity index (χ4n) is 4.17. The molecule has 0 aliphatic carbocycles. The van der Waals surface area contributed by atoms with Gasteiger partial charge in [-0.1, -0.05) is 109 Å². The molecule has 4 aromatic carbocycles. The molecular weight excluding hydrogens is 460 g/mol. The van der Waals surface area contributed by atoms with E-state index in [-0.39, 0.29) is 18.4 Å². The molecule has 0 bridgehead atoms. The molecule has 1 atom stereocenters. The zero-order valence-electron chi connectivity index (χ0n) is 20.8. The van der Waals surface area contributed by atoms with Gasteiger partial charge in [0.25, 0.3) is 5.91 Å². The molecular formula is C32H32N2O3. The van der Waals surface area contributed by atoms with E-state index in [2.05, 4.69) is 5.32 Å². The van der Waals surface area contributed by atoms with Gasteiger partial charge in [0.1, 0.15) is 11.8 Å². The van der Waals surface area contributed by atoms with Crippen molar-refractivity contribution in [2.24, 2.45) is 0 Å². The van der Waals surface area contributed by atoms with E-state index in [1.807, 2.05) is 121 Å². The molecule has 5 nitrogen and oxygen atoms in total. The van der Waals surface area contributed by atoms with E-state index in [0.717, 1.165) is 16.7 Å². The maximum absolute atomic E-state index is 13.6. The van der Waals surface area contributed by atoms with Gasteiger partial charge in [0.2, 0.25) is 5.91 Å². The second kappa shape index (κ2) is 13.6. The predicted octanol–water partition coefficient (Wildman–Crippen LogP) is 5.06. The van der Waals surface area contributed by atoms with Crippen molar-refractivity contribution < 1.29 is 14.3 Å². The number of benzene rings is 4. The summed E-state index contributed by atoms with van der Waals surface area (Å²) in [4.78, 5) is 28.8. The highest BCUT2D eigenvalue weighted by atomic mass is 16.5. The largest absolute Gasteiger partial charge is 0.484 e. The molecule has 0 saturated carbocycles. The van der Waals surface area contributed by atoms with Crippen molar-refractivity contribution >= 4 is 11.8 Å². The summed E-state index contributed by atoms with van der Waals surface area (Å²) in [6.45, 7) is 0.642. The van der Waals surface area contributed by atoms with Crippen LogP contribution < -0.4 is 10.1 Å². The molecule has 4 rings (SSSR count). The van der Waals surface area contributed by atoms with Gasteiger partial charge in [-0.15, -0.1) is 0 Å². The maximum atomic E-state index is 13.6. The van der Waals surface area contributed by atoms with Crippen LogP contribution in [0.15, 0.2) is 121 Å². The van der Waals surface area contributed by atoms with Gasteiger partial charge in [-0.25, -0.2) is 0 Å². The van der Waals surface area contributed by atoms with E-state index in [0.29, 0.717) is 31.7 Å². The molecule has 0 radical (unpaired) electrons. The van der Waals surface area contributed by atoms with Gasteiger partial charge in [-0.2, -0.15) is 0 Å². The second-order valence-corrected chi connectivity index (χ2v) is 8.84. The van der Waals surface area contributed by atoms with Gasteiger partial charge in [-0.05, 0) is 35.2 Å². The lowest BCUT2D eigenvalue weighted by molar-refractivity contribution is -0.142. The Morgan fingerprint density at radius 2 is 1.19 bits per heavy atom. The standard InChI is InChI=1S/C32H32N2O3/c35-31(25-37-29-19-11-4-12-20-29)34(24-28-17-9-3-10-18-28)30(23-27-15-7-2-8-16-27)32(36)33-22-21-26-13-5-1-6-14-26/h1-20,30H,21-25H2,(H,33,36)/t30-/m0/s1. The highest BCUT2D eigenvalue weighted by molar-refractivity contribution is 5.88. The minimum atomic E-state index is -0.690. The molecule has 37 heavy (non-hydrogen) atoms. The van der Waals surface area contributed by atoms with Gasteiger partial charge < -0.3 is 15.0 Å². The van der Waals surface area contributed by atoms with Crippen LogP contribution >= 0.6 is 0 Å². The molecule has 0 saturated heterocycles.